The van der Waals surface area contributed by atoms with Crippen molar-refractivity contribution < 1.29 is 4.79 Å². The van der Waals surface area contributed by atoms with Crippen molar-refractivity contribution in [3.63, 3.8) is 0 Å². The third-order valence-electron chi connectivity index (χ3n) is 2.90. The van der Waals surface area contributed by atoms with E-state index in [4.69, 9.17) is 28.9 Å². The minimum absolute atomic E-state index is 0.288. The van der Waals surface area contributed by atoms with E-state index in [-0.39, 0.29) is 5.91 Å². The summed E-state index contributed by atoms with van der Waals surface area (Å²) in [6.07, 6.45) is 0. The number of benzene rings is 2. The average molecular weight is 309 g/mol. The highest BCUT2D eigenvalue weighted by molar-refractivity contribution is 6.39. The van der Waals surface area contributed by atoms with E-state index in [0.29, 0.717) is 28.7 Å². The van der Waals surface area contributed by atoms with E-state index in [1.54, 1.807) is 18.2 Å². The van der Waals surface area contributed by atoms with Gasteiger partial charge in [-0.25, -0.2) is 0 Å². The average Bonchev–Trinajstić information content (AvgIpc) is 2.45. The van der Waals surface area contributed by atoms with Crippen molar-refractivity contribution in [2.24, 2.45) is 5.73 Å². The summed E-state index contributed by atoms with van der Waals surface area (Å²) in [5.41, 5.74) is 7.87. The quantitative estimate of drug-likeness (QED) is 0.909. The summed E-state index contributed by atoms with van der Waals surface area (Å²) in [5.74, 6) is -0.288. The molecule has 0 saturated carbocycles. The van der Waals surface area contributed by atoms with Crippen LogP contribution in [0.25, 0.3) is 0 Å². The van der Waals surface area contributed by atoms with Crippen molar-refractivity contribution in [1.82, 2.24) is 5.32 Å². The van der Waals surface area contributed by atoms with Crippen molar-refractivity contribution in [3.8, 4) is 0 Å². The van der Waals surface area contributed by atoms with E-state index in [2.05, 4.69) is 5.32 Å². The molecule has 5 heteroatoms. The Morgan fingerprint density at radius 2 is 1.55 bits per heavy atom. The number of hydrogen-bond acceptors (Lipinski definition) is 2. The van der Waals surface area contributed by atoms with Gasteiger partial charge in [-0.05, 0) is 23.3 Å². The van der Waals surface area contributed by atoms with Gasteiger partial charge in [0.25, 0.3) is 5.91 Å². The zero-order chi connectivity index (χ0) is 14.5. The van der Waals surface area contributed by atoms with Gasteiger partial charge in [-0.3, -0.25) is 4.79 Å². The summed E-state index contributed by atoms with van der Waals surface area (Å²) < 4.78 is 0. The molecule has 0 saturated heterocycles. The molecule has 0 atom stereocenters. The van der Waals surface area contributed by atoms with Gasteiger partial charge >= 0.3 is 0 Å². The van der Waals surface area contributed by atoms with E-state index in [1.807, 2.05) is 24.3 Å². The van der Waals surface area contributed by atoms with Gasteiger partial charge in [0.2, 0.25) is 0 Å². The predicted octanol–water partition coefficient (Wildman–Crippen LogP) is 3.38. The van der Waals surface area contributed by atoms with Crippen LogP contribution in [0.15, 0.2) is 42.5 Å². The van der Waals surface area contributed by atoms with Gasteiger partial charge in [0.15, 0.2) is 0 Å². The summed E-state index contributed by atoms with van der Waals surface area (Å²) in [6, 6.07) is 12.7. The van der Waals surface area contributed by atoms with Crippen LogP contribution in [0.1, 0.15) is 21.5 Å². The van der Waals surface area contributed by atoms with Crippen molar-refractivity contribution in [3.05, 3.63) is 69.2 Å². The molecule has 0 radical (unpaired) electrons. The van der Waals surface area contributed by atoms with Crippen LogP contribution in [0.4, 0.5) is 0 Å². The SMILES string of the molecule is NCc1ccc(CNC(=O)c2c(Cl)cccc2Cl)cc1. The number of carbonyl (C=O) groups excluding carboxylic acids is 1. The second-order valence-electron chi connectivity index (χ2n) is 4.30. The number of rotatable bonds is 4. The molecule has 3 N–H and O–H groups in total. The molecule has 2 aromatic carbocycles. The lowest BCUT2D eigenvalue weighted by Crippen LogP contribution is -2.23. The number of hydrogen-bond donors (Lipinski definition) is 2. The predicted molar refractivity (Wildman–Crippen MR) is 82.0 cm³/mol. The van der Waals surface area contributed by atoms with Crippen LogP contribution >= 0.6 is 23.2 Å². The fraction of sp³-hybridized carbons (Fsp3) is 0.133. The van der Waals surface area contributed by atoms with E-state index < -0.39 is 0 Å². The first-order valence-corrected chi connectivity index (χ1v) is 6.87. The van der Waals surface area contributed by atoms with Crippen molar-refractivity contribution in [2.45, 2.75) is 13.1 Å². The third kappa shape index (κ3) is 3.51. The molecule has 0 bridgehead atoms. The summed E-state index contributed by atoms with van der Waals surface area (Å²) in [6.45, 7) is 0.910. The van der Waals surface area contributed by atoms with Gasteiger partial charge in [0.1, 0.15) is 0 Å². The van der Waals surface area contributed by atoms with Gasteiger partial charge < -0.3 is 11.1 Å². The molecular formula is C15H14Cl2N2O. The van der Waals surface area contributed by atoms with Gasteiger partial charge in [0, 0.05) is 13.1 Å². The Labute approximate surface area is 127 Å². The lowest BCUT2D eigenvalue weighted by molar-refractivity contribution is 0.0951. The first kappa shape index (κ1) is 14.9. The zero-order valence-electron chi connectivity index (χ0n) is 10.7. The minimum Gasteiger partial charge on any atom is -0.348 e. The summed E-state index contributed by atoms with van der Waals surface area (Å²) >= 11 is 12.0. The molecule has 0 aliphatic carbocycles. The van der Waals surface area contributed by atoms with Crippen molar-refractivity contribution in [1.29, 1.82) is 0 Å². The lowest BCUT2D eigenvalue weighted by atomic mass is 10.1. The van der Waals surface area contributed by atoms with E-state index in [1.165, 1.54) is 0 Å². The van der Waals surface area contributed by atoms with Crippen LogP contribution in [-0.2, 0) is 13.1 Å². The number of amides is 1. The van der Waals surface area contributed by atoms with E-state index in [0.717, 1.165) is 11.1 Å². The van der Waals surface area contributed by atoms with Crippen LogP contribution in [0.2, 0.25) is 10.0 Å². The van der Waals surface area contributed by atoms with E-state index in [9.17, 15) is 4.79 Å². The maximum Gasteiger partial charge on any atom is 0.254 e. The van der Waals surface area contributed by atoms with Gasteiger partial charge in [-0.15, -0.1) is 0 Å². The zero-order valence-corrected chi connectivity index (χ0v) is 12.2. The molecule has 0 unspecified atom stereocenters. The molecule has 0 fully saturated rings. The standard InChI is InChI=1S/C15H14Cl2N2O/c16-12-2-1-3-13(17)14(12)15(20)19-9-11-6-4-10(8-18)5-7-11/h1-7H,8-9,18H2,(H,19,20). The summed E-state index contributed by atoms with van der Waals surface area (Å²) in [7, 11) is 0. The molecule has 2 rings (SSSR count). The second kappa shape index (κ2) is 6.75. The maximum absolute atomic E-state index is 12.1. The van der Waals surface area contributed by atoms with Gasteiger partial charge in [0.05, 0.1) is 15.6 Å². The molecule has 0 aromatic heterocycles. The van der Waals surface area contributed by atoms with Crippen LogP contribution in [0.5, 0.6) is 0 Å². The van der Waals surface area contributed by atoms with Crippen LogP contribution < -0.4 is 11.1 Å². The Hall–Kier alpha value is -1.55. The number of nitrogens with two attached hydrogens (primary N) is 1. The molecule has 2 aromatic rings. The van der Waals surface area contributed by atoms with Crippen LogP contribution in [0.3, 0.4) is 0 Å². The molecule has 0 heterocycles. The molecule has 0 spiro atoms. The fourth-order valence-corrected chi connectivity index (χ4v) is 2.35. The molecule has 20 heavy (non-hydrogen) atoms. The number of halogens is 2. The topological polar surface area (TPSA) is 55.1 Å². The normalized spacial score (nSPS) is 10.3. The van der Waals surface area contributed by atoms with Crippen LogP contribution in [0, 0.1) is 0 Å². The summed E-state index contributed by atoms with van der Waals surface area (Å²) in [4.78, 5) is 12.1. The first-order valence-electron chi connectivity index (χ1n) is 6.12. The number of nitrogens with one attached hydrogen (secondary N) is 1. The Balaban J connectivity index is 2.05. The molecular weight excluding hydrogens is 295 g/mol. The second-order valence-corrected chi connectivity index (χ2v) is 5.11. The fourth-order valence-electron chi connectivity index (χ4n) is 1.78. The minimum atomic E-state index is -0.288. The molecule has 104 valence electrons. The van der Waals surface area contributed by atoms with Gasteiger partial charge in [-0.2, -0.15) is 0 Å². The molecule has 0 aliphatic rings. The Morgan fingerprint density at radius 1 is 1.00 bits per heavy atom. The monoisotopic (exact) mass is 308 g/mol. The van der Waals surface area contributed by atoms with Gasteiger partial charge in [-0.1, -0.05) is 53.5 Å². The third-order valence-corrected chi connectivity index (χ3v) is 3.53. The lowest BCUT2D eigenvalue weighted by Gasteiger charge is -2.09. The highest BCUT2D eigenvalue weighted by Crippen LogP contribution is 2.24. The largest absolute Gasteiger partial charge is 0.348 e. The number of carbonyl (C=O) groups is 1. The van der Waals surface area contributed by atoms with E-state index >= 15 is 0 Å². The Bertz CT molecular complexity index is 592. The molecule has 1 amide bonds. The first-order chi connectivity index (χ1) is 9.61. The smallest absolute Gasteiger partial charge is 0.254 e. The highest BCUT2D eigenvalue weighted by atomic mass is 35.5. The van der Waals surface area contributed by atoms with Crippen molar-refractivity contribution in [2.75, 3.05) is 0 Å². The molecule has 3 nitrogen and oxygen atoms in total. The van der Waals surface area contributed by atoms with Crippen LogP contribution in [-0.4, -0.2) is 5.91 Å². The Morgan fingerprint density at radius 3 is 2.10 bits per heavy atom. The molecule has 0 aliphatic heterocycles. The maximum atomic E-state index is 12.1. The van der Waals surface area contributed by atoms with Crippen molar-refractivity contribution >= 4 is 29.1 Å². The Kier molecular flexibility index (Phi) is 5.01. The summed E-state index contributed by atoms with van der Waals surface area (Å²) in [5, 5.41) is 3.48. The highest BCUT2D eigenvalue weighted by Gasteiger charge is 2.13.